The van der Waals surface area contributed by atoms with Gasteiger partial charge in [-0.25, -0.2) is 4.99 Å². The summed E-state index contributed by atoms with van der Waals surface area (Å²) in [6, 6.07) is 27.1. The standard InChI is InChI=1S/C24H15ClN2O/c25-24-26-21(23-22(27-24)19-7-3-4-8-20(19)28-23)16-11-12-18-15(13-16)10-9-14-5-1-2-6-17(14)18/h1-13,24,27H. The lowest BCUT2D eigenvalue weighted by atomic mass is 9.97. The van der Waals surface area contributed by atoms with Crippen molar-refractivity contribution in [2.24, 2.45) is 4.99 Å². The smallest absolute Gasteiger partial charge is 0.196 e. The lowest BCUT2D eigenvalue weighted by molar-refractivity contribution is 0.603. The van der Waals surface area contributed by atoms with E-state index in [4.69, 9.17) is 16.0 Å². The van der Waals surface area contributed by atoms with Crippen molar-refractivity contribution in [3.63, 3.8) is 0 Å². The molecule has 3 nitrogen and oxygen atoms in total. The number of rotatable bonds is 1. The number of furan rings is 1. The number of nitrogens with one attached hydrogen (secondary N) is 1. The maximum absolute atomic E-state index is 6.40. The maximum Gasteiger partial charge on any atom is 0.196 e. The molecule has 1 atom stereocenters. The van der Waals surface area contributed by atoms with Crippen LogP contribution in [0.25, 0.3) is 32.5 Å². The highest BCUT2D eigenvalue weighted by atomic mass is 35.5. The van der Waals surface area contributed by atoms with Crippen molar-refractivity contribution in [3.8, 4) is 0 Å². The van der Waals surface area contributed by atoms with Crippen LogP contribution in [0.3, 0.4) is 0 Å². The molecule has 0 spiro atoms. The number of aliphatic imine (C=N–C) groups is 1. The van der Waals surface area contributed by atoms with E-state index in [-0.39, 0.29) is 0 Å². The minimum absolute atomic E-state index is 0.532. The van der Waals surface area contributed by atoms with E-state index in [1.807, 2.05) is 24.3 Å². The third-order valence-electron chi connectivity index (χ3n) is 5.33. The average molecular weight is 383 g/mol. The fourth-order valence-electron chi connectivity index (χ4n) is 4.04. The van der Waals surface area contributed by atoms with Gasteiger partial charge in [-0.15, -0.1) is 0 Å². The number of para-hydroxylation sites is 1. The Labute approximate surface area is 166 Å². The van der Waals surface area contributed by atoms with Gasteiger partial charge in [-0.1, -0.05) is 72.3 Å². The number of fused-ring (bicyclic) bond motifs is 6. The molecule has 0 saturated carbocycles. The summed E-state index contributed by atoms with van der Waals surface area (Å²) < 4.78 is 6.14. The molecule has 0 fully saturated rings. The van der Waals surface area contributed by atoms with Crippen molar-refractivity contribution in [1.82, 2.24) is 0 Å². The molecule has 134 valence electrons. The molecule has 0 saturated heterocycles. The van der Waals surface area contributed by atoms with Crippen LogP contribution >= 0.6 is 11.6 Å². The van der Waals surface area contributed by atoms with Gasteiger partial charge in [-0.2, -0.15) is 0 Å². The van der Waals surface area contributed by atoms with Crippen molar-refractivity contribution in [3.05, 3.63) is 90.2 Å². The highest BCUT2D eigenvalue weighted by Gasteiger charge is 2.26. The first-order valence-electron chi connectivity index (χ1n) is 9.20. The van der Waals surface area contributed by atoms with Crippen molar-refractivity contribution in [2.75, 3.05) is 5.32 Å². The average Bonchev–Trinajstić information content (AvgIpc) is 3.11. The number of anilines is 1. The first-order valence-corrected chi connectivity index (χ1v) is 9.64. The quantitative estimate of drug-likeness (QED) is 0.203. The number of alkyl halides is 1. The highest BCUT2D eigenvalue weighted by Crippen LogP contribution is 2.37. The molecular formula is C24H15ClN2O. The third-order valence-corrected chi connectivity index (χ3v) is 5.54. The minimum Gasteiger partial charge on any atom is -0.452 e. The van der Waals surface area contributed by atoms with Gasteiger partial charge in [0.05, 0.1) is 5.69 Å². The predicted octanol–water partition coefficient (Wildman–Crippen LogP) is 6.52. The molecular weight excluding hydrogens is 368 g/mol. The second-order valence-electron chi connectivity index (χ2n) is 6.98. The van der Waals surface area contributed by atoms with Crippen LogP contribution in [0.5, 0.6) is 0 Å². The van der Waals surface area contributed by atoms with Crippen molar-refractivity contribution < 1.29 is 4.42 Å². The monoisotopic (exact) mass is 382 g/mol. The summed E-state index contributed by atoms with van der Waals surface area (Å²) in [5.41, 5.74) is 2.97. The Kier molecular flexibility index (Phi) is 3.28. The van der Waals surface area contributed by atoms with Gasteiger partial charge in [-0.3, -0.25) is 0 Å². The predicted molar refractivity (Wildman–Crippen MR) is 117 cm³/mol. The largest absolute Gasteiger partial charge is 0.452 e. The first-order chi connectivity index (χ1) is 13.8. The summed E-state index contributed by atoms with van der Waals surface area (Å²) in [6.45, 7) is 0. The molecule has 0 amide bonds. The lowest BCUT2D eigenvalue weighted by Crippen LogP contribution is -2.21. The van der Waals surface area contributed by atoms with Gasteiger partial charge in [0.1, 0.15) is 11.3 Å². The zero-order valence-corrected chi connectivity index (χ0v) is 15.6. The second-order valence-corrected chi connectivity index (χ2v) is 7.40. The Bertz CT molecular complexity index is 1420. The summed E-state index contributed by atoms with van der Waals surface area (Å²) in [4.78, 5) is 4.64. The molecule has 6 rings (SSSR count). The van der Waals surface area contributed by atoms with Gasteiger partial charge >= 0.3 is 0 Å². The molecule has 1 aliphatic heterocycles. The summed E-state index contributed by atoms with van der Waals surface area (Å²) in [6.07, 6.45) is 0. The topological polar surface area (TPSA) is 37.5 Å². The van der Waals surface area contributed by atoms with E-state index in [0.717, 1.165) is 33.7 Å². The van der Waals surface area contributed by atoms with E-state index in [9.17, 15) is 0 Å². The summed E-state index contributed by atoms with van der Waals surface area (Å²) in [5, 5.41) is 9.12. The van der Waals surface area contributed by atoms with Crippen molar-refractivity contribution in [1.29, 1.82) is 0 Å². The third kappa shape index (κ3) is 2.26. The van der Waals surface area contributed by atoms with E-state index in [2.05, 4.69) is 64.9 Å². The van der Waals surface area contributed by atoms with Gasteiger partial charge in [0.25, 0.3) is 0 Å². The highest BCUT2D eigenvalue weighted by molar-refractivity contribution is 6.27. The van der Waals surface area contributed by atoms with E-state index in [1.165, 1.54) is 21.5 Å². The molecule has 5 aromatic rings. The van der Waals surface area contributed by atoms with Gasteiger partial charge < -0.3 is 9.73 Å². The number of halogens is 1. The first kappa shape index (κ1) is 15.7. The molecule has 0 radical (unpaired) electrons. The zero-order valence-electron chi connectivity index (χ0n) is 14.8. The summed E-state index contributed by atoms with van der Waals surface area (Å²) in [7, 11) is 0. The zero-order chi connectivity index (χ0) is 18.7. The molecule has 2 heterocycles. The van der Waals surface area contributed by atoms with Crippen molar-refractivity contribution >= 4 is 55.5 Å². The molecule has 28 heavy (non-hydrogen) atoms. The number of hydrogen-bond acceptors (Lipinski definition) is 3. The summed E-state index contributed by atoms with van der Waals surface area (Å²) in [5.74, 6) is 0.734. The van der Waals surface area contributed by atoms with Crippen LogP contribution in [0.1, 0.15) is 11.3 Å². The Balaban J connectivity index is 1.58. The Morgan fingerprint density at radius 2 is 1.54 bits per heavy atom. The normalized spacial score (nSPS) is 16.2. The van der Waals surface area contributed by atoms with Gasteiger partial charge in [0.2, 0.25) is 0 Å². The van der Waals surface area contributed by atoms with Crippen LogP contribution in [0, 0.1) is 0 Å². The molecule has 0 bridgehead atoms. The fraction of sp³-hybridized carbons (Fsp3) is 0.0417. The SMILES string of the molecule is ClC1N=C(c2ccc3c(ccc4ccccc43)c2)c2oc3ccccc3c2N1. The molecule has 1 N–H and O–H groups in total. The molecule has 1 aromatic heterocycles. The van der Waals surface area contributed by atoms with E-state index >= 15 is 0 Å². The van der Waals surface area contributed by atoms with Crippen LogP contribution in [0.4, 0.5) is 5.69 Å². The van der Waals surface area contributed by atoms with E-state index in [1.54, 1.807) is 0 Å². The number of hydrogen-bond donors (Lipinski definition) is 1. The van der Waals surface area contributed by atoms with Crippen LogP contribution in [-0.2, 0) is 0 Å². The van der Waals surface area contributed by atoms with Crippen LogP contribution in [-0.4, -0.2) is 11.3 Å². The Hall–Kier alpha value is -3.30. The van der Waals surface area contributed by atoms with Gasteiger partial charge in [0, 0.05) is 10.9 Å². The van der Waals surface area contributed by atoms with E-state index < -0.39 is 5.62 Å². The van der Waals surface area contributed by atoms with Crippen LogP contribution < -0.4 is 5.32 Å². The van der Waals surface area contributed by atoms with Crippen molar-refractivity contribution in [2.45, 2.75) is 5.62 Å². The number of benzene rings is 4. The molecule has 4 aromatic carbocycles. The summed E-state index contributed by atoms with van der Waals surface area (Å²) >= 11 is 6.40. The van der Waals surface area contributed by atoms with Crippen LogP contribution in [0.2, 0.25) is 0 Å². The Morgan fingerprint density at radius 3 is 2.46 bits per heavy atom. The fourth-order valence-corrected chi connectivity index (χ4v) is 4.25. The minimum atomic E-state index is -0.532. The molecule has 1 aliphatic rings. The molecule has 0 aliphatic carbocycles. The maximum atomic E-state index is 6.40. The van der Waals surface area contributed by atoms with Gasteiger partial charge in [-0.05, 0) is 39.7 Å². The molecule has 1 unspecified atom stereocenters. The number of nitrogens with zero attached hydrogens (tertiary/aromatic N) is 1. The lowest BCUT2D eigenvalue weighted by Gasteiger charge is -2.18. The Morgan fingerprint density at radius 1 is 0.786 bits per heavy atom. The molecule has 4 heteroatoms. The van der Waals surface area contributed by atoms with Crippen LogP contribution in [0.15, 0.2) is 88.3 Å². The van der Waals surface area contributed by atoms with Gasteiger partial charge in [0.15, 0.2) is 11.4 Å². The second kappa shape index (κ2) is 5.85. The van der Waals surface area contributed by atoms with E-state index in [0.29, 0.717) is 0 Å².